The third-order valence-corrected chi connectivity index (χ3v) is 3.86. The Bertz CT molecular complexity index is 363. The van der Waals surface area contributed by atoms with E-state index in [9.17, 15) is 4.79 Å². The molecule has 1 aliphatic heterocycles. The number of carbonyl (C=O) groups is 1. The van der Waals surface area contributed by atoms with E-state index in [1.165, 1.54) is 0 Å². The average molecular weight is 306 g/mol. The van der Waals surface area contributed by atoms with E-state index in [1.54, 1.807) is 11.3 Å². The molecule has 6 heteroatoms. The molecule has 4 nitrogen and oxygen atoms in total. The highest BCUT2D eigenvalue weighted by molar-refractivity contribution is 9.10. The number of nitrogens with one attached hydrogen (secondary N) is 1. The standard InChI is InChI=1S/C10H12BrNO3S/c11-7-3-8(16-6-7)4-12-10(13)9-5-14-1-2-15-9/h3,6,9H,1-2,4-5H2,(H,12,13). The SMILES string of the molecule is O=C(NCc1cc(Br)cs1)C1COCCO1. The van der Waals surface area contributed by atoms with Crippen molar-refractivity contribution in [2.75, 3.05) is 19.8 Å². The van der Waals surface area contributed by atoms with E-state index >= 15 is 0 Å². The van der Waals surface area contributed by atoms with Gasteiger partial charge in [-0.05, 0) is 22.0 Å². The van der Waals surface area contributed by atoms with Gasteiger partial charge in [0.1, 0.15) is 0 Å². The third-order valence-electron chi connectivity index (χ3n) is 2.17. The van der Waals surface area contributed by atoms with Crippen molar-refractivity contribution in [1.82, 2.24) is 5.32 Å². The molecule has 1 fully saturated rings. The van der Waals surface area contributed by atoms with Crippen molar-refractivity contribution in [3.05, 3.63) is 20.8 Å². The predicted molar refractivity (Wildman–Crippen MR) is 64.4 cm³/mol. The summed E-state index contributed by atoms with van der Waals surface area (Å²) in [6.07, 6.45) is -0.461. The van der Waals surface area contributed by atoms with E-state index in [0.29, 0.717) is 26.4 Å². The molecular weight excluding hydrogens is 294 g/mol. The monoisotopic (exact) mass is 305 g/mol. The Balaban J connectivity index is 1.78. The molecule has 1 atom stereocenters. The molecule has 88 valence electrons. The van der Waals surface area contributed by atoms with E-state index in [0.717, 1.165) is 9.35 Å². The van der Waals surface area contributed by atoms with Crippen LogP contribution in [0.25, 0.3) is 0 Å². The van der Waals surface area contributed by atoms with Gasteiger partial charge in [-0.25, -0.2) is 0 Å². The van der Waals surface area contributed by atoms with Crippen molar-refractivity contribution < 1.29 is 14.3 Å². The number of halogens is 1. The van der Waals surface area contributed by atoms with E-state index in [4.69, 9.17) is 9.47 Å². The van der Waals surface area contributed by atoms with E-state index in [-0.39, 0.29) is 5.91 Å². The van der Waals surface area contributed by atoms with Gasteiger partial charge >= 0.3 is 0 Å². The molecule has 1 aliphatic rings. The fraction of sp³-hybridized carbons (Fsp3) is 0.500. The van der Waals surface area contributed by atoms with Crippen LogP contribution in [0.2, 0.25) is 0 Å². The Morgan fingerprint density at radius 1 is 1.62 bits per heavy atom. The zero-order chi connectivity index (χ0) is 11.4. The Hall–Kier alpha value is -0.430. The molecular formula is C10H12BrNO3S. The van der Waals surface area contributed by atoms with E-state index in [2.05, 4.69) is 21.2 Å². The van der Waals surface area contributed by atoms with Gasteiger partial charge in [0.05, 0.1) is 26.4 Å². The Kier molecular flexibility index (Phi) is 4.34. The van der Waals surface area contributed by atoms with Crippen molar-refractivity contribution in [2.24, 2.45) is 0 Å². The number of carbonyl (C=O) groups excluding carboxylic acids is 1. The summed E-state index contributed by atoms with van der Waals surface area (Å²) in [6.45, 7) is 1.94. The molecule has 16 heavy (non-hydrogen) atoms. The minimum absolute atomic E-state index is 0.107. The van der Waals surface area contributed by atoms with Gasteiger partial charge < -0.3 is 14.8 Å². The Morgan fingerprint density at radius 3 is 3.12 bits per heavy atom. The third kappa shape index (κ3) is 3.28. The summed E-state index contributed by atoms with van der Waals surface area (Å²) in [7, 11) is 0. The first-order valence-electron chi connectivity index (χ1n) is 4.95. The summed E-state index contributed by atoms with van der Waals surface area (Å²) < 4.78 is 11.5. The van der Waals surface area contributed by atoms with Gasteiger partial charge in [0, 0.05) is 14.7 Å². The summed E-state index contributed by atoms with van der Waals surface area (Å²) in [5.74, 6) is -0.107. The van der Waals surface area contributed by atoms with Gasteiger partial charge in [-0.15, -0.1) is 11.3 Å². The first-order chi connectivity index (χ1) is 7.75. The van der Waals surface area contributed by atoms with Crippen molar-refractivity contribution in [3.8, 4) is 0 Å². The van der Waals surface area contributed by atoms with Gasteiger partial charge in [-0.1, -0.05) is 0 Å². The van der Waals surface area contributed by atoms with Crippen LogP contribution in [0.3, 0.4) is 0 Å². The number of thiophene rings is 1. The lowest BCUT2D eigenvalue weighted by atomic mass is 10.3. The molecule has 1 saturated heterocycles. The molecule has 0 saturated carbocycles. The van der Waals surface area contributed by atoms with Crippen LogP contribution in [0.4, 0.5) is 0 Å². The molecule has 1 amide bonds. The summed E-state index contributed by atoms with van der Waals surface area (Å²) in [5, 5.41) is 4.82. The number of amides is 1. The van der Waals surface area contributed by atoms with Crippen LogP contribution >= 0.6 is 27.3 Å². The van der Waals surface area contributed by atoms with Gasteiger partial charge in [0.15, 0.2) is 6.10 Å². The van der Waals surface area contributed by atoms with Crippen LogP contribution in [-0.2, 0) is 20.8 Å². The first kappa shape index (κ1) is 12.0. The van der Waals surface area contributed by atoms with Crippen molar-refractivity contribution in [3.63, 3.8) is 0 Å². The molecule has 0 bridgehead atoms. The Labute approximate surface area is 106 Å². The van der Waals surface area contributed by atoms with Crippen LogP contribution in [-0.4, -0.2) is 31.8 Å². The van der Waals surface area contributed by atoms with Gasteiger partial charge in [-0.2, -0.15) is 0 Å². The van der Waals surface area contributed by atoms with Crippen molar-refractivity contribution >= 4 is 33.2 Å². The van der Waals surface area contributed by atoms with Crippen LogP contribution < -0.4 is 5.32 Å². The zero-order valence-electron chi connectivity index (χ0n) is 8.57. The molecule has 0 aromatic carbocycles. The minimum atomic E-state index is -0.461. The summed E-state index contributed by atoms with van der Waals surface area (Å²) >= 11 is 4.97. The molecule has 0 aliphatic carbocycles. The fourth-order valence-electron chi connectivity index (χ4n) is 1.37. The highest BCUT2D eigenvalue weighted by Crippen LogP contribution is 2.19. The molecule has 0 spiro atoms. The molecule has 0 radical (unpaired) electrons. The Morgan fingerprint density at radius 2 is 2.50 bits per heavy atom. The van der Waals surface area contributed by atoms with Crippen LogP contribution in [0.1, 0.15) is 4.88 Å². The second-order valence-electron chi connectivity index (χ2n) is 3.38. The van der Waals surface area contributed by atoms with Gasteiger partial charge in [-0.3, -0.25) is 4.79 Å². The lowest BCUT2D eigenvalue weighted by molar-refractivity contribution is -0.147. The van der Waals surface area contributed by atoms with Crippen LogP contribution in [0.15, 0.2) is 15.9 Å². The molecule has 1 aromatic rings. The smallest absolute Gasteiger partial charge is 0.251 e. The average Bonchev–Trinajstić information content (AvgIpc) is 2.73. The number of ether oxygens (including phenoxy) is 2. The number of hydrogen-bond donors (Lipinski definition) is 1. The van der Waals surface area contributed by atoms with Crippen molar-refractivity contribution in [2.45, 2.75) is 12.6 Å². The lowest BCUT2D eigenvalue weighted by Crippen LogP contribution is -2.42. The topological polar surface area (TPSA) is 47.6 Å². The maximum atomic E-state index is 11.7. The second-order valence-corrected chi connectivity index (χ2v) is 5.29. The quantitative estimate of drug-likeness (QED) is 0.921. The molecule has 1 unspecified atom stereocenters. The van der Waals surface area contributed by atoms with Gasteiger partial charge in [0.2, 0.25) is 0 Å². The summed E-state index contributed by atoms with van der Waals surface area (Å²) in [5.41, 5.74) is 0. The summed E-state index contributed by atoms with van der Waals surface area (Å²) in [6, 6.07) is 1.99. The fourth-order valence-corrected chi connectivity index (χ4v) is 2.76. The number of hydrogen-bond acceptors (Lipinski definition) is 4. The highest BCUT2D eigenvalue weighted by atomic mass is 79.9. The molecule has 2 heterocycles. The van der Waals surface area contributed by atoms with Gasteiger partial charge in [0.25, 0.3) is 5.91 Å². The normalized spacial score (nSPS) is 20.7. The molecule has 1 N–H and O–H groups in total. The molecule has 1 aromatic heterocycles. The zero-order valence-corrected chi connectivity index (χ0v) is 11.0. The number of rotatable bonds is 3. The maximum Gasteiger partial charge on any atom is 0.251 e. The maximum absolute atomic E-state index is 11.7. The lowest BCUT2D eigenvalue weighted by Gasteiger charge is -2.21. The van der Waals surface area contributed by atoms with Crippen LogP contribution in [0, 0.1) is 0 Å². The highest BCUT2D eigenvalue weighted by Gasteiger charge is 2.22. The predicted octanol–water partition coefficient (Wildman–Crippen LogP) is 1.54. The molecule has 2 rings (SSSR count). The second kappa shape index (κ2) is 5.77. The van der Waals surface area contributed by atoms with E-state index < -0.39 is 6.10 Å². The largest absolute Gasteiger partial charge is 0.376 e. The first-order valence-corrected chi connectivity index (χ1v) is 6.63. The van der Waals surface area contributed by atoms with Crippen molar-refractivity contribution in [1.29, 1.82) is 0 Å². The van der Waals surface area contributed by atoms with Crippen LogP contribution in [0.5, 0.6) is 0 Å². The minimum Gasteiger partial charge on any atom is -0.376 e. The van der Waals surface area contributed by atoms with E-state index in [1.807, 2.05) is 11.4 Å². The summed E-state index contributed by atoms with van der Waals surface area (Å²) in [4.78, 5) is 12.8.